The number of benzene rings is 1. The van der Waals surface area contributed by atoms with Crippen LogP contribution in [0.5, 0.6) is 5.75 Å². The third-order valence-electron chi connectivity index (χ3n) is 2.03. The SMILES string of the molecule is CC(C)(C)COC(=O)c1ccc(Br)cc1OB(O)O. The highest BCUT2D eigenvalue weighted by Gasteiger charge is 2.21. The van der Waals surface area contributed by atoms with Crippen molar-refractivity contribution in [2.45, 2.75) is 20.8 Å². The van der Waals surface area contributed by atoms with E-state index in [2.05, 4.69) is 15.9 Å². The predicted octanol–water partition coefficient (Wildman–Crippen LogP) is 2.00. The van der Waals surface area contributed by atoms with E-state index in [1.54, 1.807) is 6.07 Å². The van der Waals surface area contributed by atoms with E-state index in [4.69, 9.17) is 19.4 Å². The third-order valence-corrected chi connectivity index (χ3v) is 2.53. The third kappa shape index (κ3) is 5.63. The summed E-state index contributed by atoms with van der Waals surface area (Å²) in [5.41, 5.74) is -0.0109. The van der Waals surface area contributed by atoms with Crippen LogP contribution in [-0.2, 0) is 4.74 Å². The van der Waals surface area contributed by atoms with Crippen LogP contribution in [0.25, 0.3) is 0 Å². The average molecular weight is 331 g/mol. The van der Waals surface area contributed by atoms with Crippen molar-refractivity contribution in [2.24, 2.45) is 5.41 Å². The van der Waals surface area contributed by atoms with Crippen molar-refractivity contribution in [1.82, 2.24) is 0 Å². The summed E-state index contributed by atoms with van der Waals surface area (Å²) in [6.07, 6.45) is 0. The van der Waals surface area contributed by atoms with Crippen molar-refractivity contribution in [1.29, 1.82) is 0 Å². The number of esters is 1. The number of rotatable bonds is 4. The molecular weight excluding hydrogens is 315 g/mol. The number of carbonyl (C=O) groups is 1. The number of hydrogen-bond donors (Lipinski definition) is 2. The molecule has 19 heavy (non-hydrogen) atoms. The first-order chi connectivity index (χ1) is 8.69. The van der Waals surface area contributed by atoms with Crippen molar-refractivity contribution in [3.05, 3.63) is 28.2 Å². The molecule has 0 radical (unpaired) electrons. The molecule has 1 aromatic carbocycles. The van der Waals surface area contributed by atoms with Gasteiger partial charge >= 0.3 is 13.3 Å². The molecule has 0 heterocycles. The van der Waals surface area contributed by atoms with E-state index in [0.717, 1.165) is 0 Å². The first kappa shape index (κ1) is 16.0. The zero-order valence-electron chi connectivity index (χ0n) is 11.0. The summed E-state index contributed by atoms with van der Waals surface area (Å²) >= 11 is 3.21. The van der Waals surface area contributed by atoms with E-state index in [1.807, 2.05) is 20.8 Å². The fourth-order valence-electron chi connectivity index (χ4n) is 1.24. The fourth-order valence-corrected chi connectivity index (χ4v) is 1.58. The summed E-state index contributed by atoms with van der Waals surface area (Å²) in [7, 11) is -2.00. The first-order valence-electron chi connectivity index (χ1n) is 5.68. The van der Waals surface area contributed by atoms with Gasteiger partial charge < -0.3 is 19.4 Å². The number of halogens is 1. The largest absolute Gasteiger partial charge is 0.707 e. The molecular formula is C12H16BBrO5. The van der Waals surface area contributed by atoms with Gasteiger partial charge in [0, 0.05) is 4.47 Å². The predicted molar refractivity (Wildman–Crippen MR) is 74.7 cm³/mol. The van der Waals surface area contributed by atoms with Gasteiger partial charge in [0.25, 0.3) is 0 Å². The summed E-state index contributed by atoms with van der Waals surface area (Å²) < 4.78 is 10.6. The number of carbonyl (C=O) groups excluding carboxylic acids is 1. The second-order valence-electron chi connectivity index (χ2n) is 5.22. The highest BCUT2D eigenvalue weighted by Crippen LogP contribution is 2.25. The van der Waals surface area contributed by atoms with Crippen LogP contribution in [0.1, 0.15) is 31.1 Å². The van der Waals surface area contributed by atoms with E-state index < -0.39 is 13.3 Å². The first-order valence-corrected chi connectivity index (χ1v) is 6.48. The topological polar surface area (TPSA) is 76.0 Å². The highest BCUT2D eigenvalue weighted by atomic mass is 79.9. The molecule has 0 aliphatic heterocycles. The molecule has 0 amide bonds. The lowest BCUT2D eigenvalue weighted by molar-refractivity contribution is 0.0364. The molecule has 104 valence electrons. The van der Waals surface area contributed by atoms with Gasteiger partial charge in [-0.2, -0.15) is 0 Å². The molecule has 0 saturated carbocycles. The Bertz CT molecular complexity index is 456. The Labute approximate surface area is 120 Å². The maximum atomic E-state index is 11.9. The van der Waals surface area contributed by atoms with Crippen LogP contribution in [0.15, 0.2) is 22.7 Å². The zero-order chi connectivity index (χ0) is 14.6. The van der Waals surface area contributed by atoms with Gasteiger partial charge in [0.1, 0.15) is 5.75 Å². The van der Waals surface area contributed by atoms with Crippen molar-refractivity contribution in [2.75, 3.05) is 6.61 Å². The average Bonchev–Trinajstić information content (AvgIpc) is 2.24. The number of ether oxygens (including phenoxy) is 1. The summed E-state index contributed by atoms with van der Waals surface area (Å²) in [5, 5.41) is 17.7. The summed E-state index contributed by atoms with van der Waals surface area (Å²) in [6, 6.07) is 4.60. The van der Waals surface area contributed by atoms with Gasteiger partial charge in [0.05, 0.1) is 12.2 Å². The molecule has 0 atom stereocenters. The van der Waals surface area contributed by atoms with Gasteiger partial charge in [-0.15, -0.1) is 0 Å². The van der Waals surface area contributed by atoms with Crippen molar-refractivity contribution in [3.63, 3.8) is 0 Å². The van der Waals surface area contributed by atoms with Crippen LogP contribution >= 0.6 is 15.9 Å². The molecule has 0 aliphatic carbocycles. The quantitative estimate of drug-likeness (QED) is 0.652. The van der Waals surface area contributed by atoms with Gasteiger partial charge in [-0.25, -0.2) is 4.79 Å². The molecule has 0 aliphatic rings. The Morgan fingerprint density at radius 1 is 1.37 bits per heavy atom. The van der Waals surface area contributed by atoms with Crippen LogP contribution in [0.4, 0.5) is 0 Å². The zero-order valence-corrected chi connectivity index (χ0v) is 12.6. The summed E-state index contributed by atoms with van der Waals surface area (Å²) in [4.78, 5) is 11.9. The second-order valence-corrected chi connectivity index (χ2v) is 6.14. The van der Waals surface area contributed by atoms with Gasteiger partial charge in [-0.05, 0) is 23.6 Å². The maximum absolute atomic E-state index is 11.9. The maximum Gasteiger partial charge on any atom is 0.707 e. The van der Waals surface area contributed by atoms with Gasteiger partial charge in [0.2, 0.25) is 0 Å². The molecule has 0 saturated heterocycles. The molecule has 7 heteroatoms. The van der Waals surface area contributed by atoms with Gasteiger partial charge in [-0.1, -0.05) is 36.7 Å². The van der Waals surface area contributed by atoms with E-state index in [1.165, 1.54) is 12.1 Å². The van der Waals surface area contributed by atoms with Crippen LogP contribution in [-0.4, -0.2) is 29.9 Å². The van der Waals surface area contributed by atoms with Crippen LogP contribution in [0, 0.1) is 5.41 Å². The lowest BCUT2D eigenvalue weighted by Gasteiger charge is -2.18. The highest BCUT2D eigenvalue weighted by molar-refractivity contribution is 9.10. The minimum absolute atomic E-state index is 0.0447. The minimum atomic E-state index is -2.00. The standard InChI is InChI=1S/C12H16BBrO5/c1-12(2,3)7-18-11(15)9-5-4-8(14)6-10(9)19-13(16)17/h4-6,16-17H,7H2,1-3H3. The van der Waals surface area contributed by atoms with Crippen molar-refractivity contribution >= 4 is 29.2 Å². The van der Waals surface area contributed by atoms with Crippen molar-refractivity contribution in [3.8, 4) is 5.75 Å². The van der Waals surface area contributed by atoms with Crippen LogP contribution in [0.3, 0.4) is 0 Å². The molecule has 1 rings (SSSR count). The van der Waals surface area contributed by atoms with Crippen LogP contribution in [0.2, 0.25) is 0 Å². The van der Waals surface area contributed by atoms with E-state index >= 15 is 0 Å². The van der Waals surface area contributed by atoms with E-state index in [-0.39, 0.29) is 23.3 Å². The molecule has 0 fully saturated rings. The molecule has 1 aromatic rings. The van der Waals surface area contributed by atoms with Crippen LogP contribution < -0.4 is 4.65 Å². The fraction of sp³-hybridized carbons (Fsp3) is 0.417. The lowest BCUT2D eigenvalue weighted by Crippen LogP contribution is -2.23. The summed E-state index contributed by atoms with van der Waals surface area (Å²) in [5.74, 6) is -0.527. The lowest BCUT2D eigenvalue weighted by atomic mass is 9.99. The molecule has 0 spiro atoms. The monoisotopic (exact) mass is 330 g/mol. The summed E-state index contributed by atoms with van der Waals surface area (Å²) in [6.45, 7) is 6.08. The minimum Gasteiger partial charge on any atom is -0.511 e. The molecule has 0 bridgehead atoms. The Kier molecular flexibility index (Phi) is 5.40. The normalized spacial score (nSPS) is 11.1. The van der Waals surface area contributed by atoms with Gasteiger partial charge in [-0.3, -0.25) is 0 Å². The van der Waals surface area contributed by atoms with E-state index in [9.17, 15) is 4.79 Å². The smallest absolute Gasteiger partial charge is 0.511 e. The molecule has 2 N–H and O–H groups in total. The molecule has 5 nitrogen and oxygen atoms in total. The molecule has 0 unspecified atom stereocenters. The number of hydrogen-bond acceptors (Lipinski definition) is 5. The van der Waals surface area contributed by atoms with E-state index in [0.29, 0.717) is 4.47 Å². The van der Waals surface area contributed by atoms with Gasteiger partial charge in [0.15, 0.2) is 0 Å². The Hall–Kier alpha value is -1.05. The molecule has 0 aromatic heterocycles. The Morgan fingerprint density at radius 3 is 2.53 bits per heavy atom. The van der Waals surface area contributed by atoms with Crippen molar-refractivity contribution < 1.29 is 24.2 Å². The Morgan fingerprint density at radius 2 is 2.00 bits per heavy atom. The second kappa shape index (κ2) is 6.41. The Balaban J connectivity index is 2.89.